The Balaban J connectivity index is 1.72. The Morgan fingerprint density at radius 3 is 2.56 bits per heavy atom. The number of carbonyl (C=O) groups excluding carboxylic acids is 2. The number of hydrogen-bond donors (Lipinski definition) is 1. The van der Waals surface area contributed by atoms with Crippen LogP contribution in [0.2, 0.25) is 0 Å². The normalized spacial score (nSPS) is 23.1. The Morgan fingerprint density at radius 2 is 1.96 bits per heavy atom. The van der Waals surface area contributed by atoms with E-state index in [1.54, 1.807) is 6.92 Å². The number of nitrogens with zero attached hydrogens (tertiary/aromatic N) is 1. The maximum Gasteiger partial charge on any atom is 0.230 e. The van der Waals surface area contributed by atoms with Crippen LogP contribution >= 0.6 is 0 Å². The van der Waals surface area contributed by atoms with Crippen molar-refractivity contribution in [2.24, 2.45) is 5.92 Å². The molecule has 5 nitrogen and oxygen atoms in total. The van der Waals surface area contributed by atoms with Gasteiger partial charge in [0.1, 0.15) is 0 Å². The zero-order valence-corrected chi connectivity index (χ0v) is 15.0. The summed E-state index contributed by atoms with van der Waals surface area (Å²) < 4.78 is 5.51. The minimum absolute atomic E-state index is 0.0847. The fraction of sp³-hybridized carbons (Fsp3) is 0.600. The van der Waals surface area contributed by atoms with Crippen LogP contribution in [0.4, 0.5) is 0 Å². The molecule has 0 unspecified atom stereocenters. The summed E-state index contributed by atoms with van der Waals surface area (Å²) >= 11 is 0. The van der Waals surface area contributed by atoms with Crippen molar-refractivity contribution in [3.63, 3.8) is 0 Å². The van der Waals surface area contributed by atoms with Crippen LogP contribution in [0.25, 0.3) is 0 Å². The fourth-order valence-electron chi connectivity index (χ4n) is 3.98. The maximum atomic E-state index is 13.2. The van der Waals surface area contributed by atoms with Crippen molar-refractivity contribution in [3.8, 4) is 0 Å². The first-order valence-corrected chi connectivity index (χ1v) is 9.29. The van der Waals surface area contributed by atoms with E-state index in [4.69, 9.17) is 4.74 Å². The number of ether oxygens (including phenoxy) is 1. The largest absolute Gasteiger partial charge is 0.381 e. The molecule has 1 aromatic rings. The van der Waals surface area contributed by atoms with E-state index >= 15 is 0 Å². The molecule has 25 heavy (non-hydrogen) atoms. The number of benzene rings is 1. The molecule has 1 N–H and O–H groups in total. The lowest BCUT2D eigenvalue weighted by molar-refractivity contribution is -0.135. The van der Waals surface area contributed by atoms with E-state index in [0.717, 1.165) is 31.6 Å². The van der Waals surface area contributed by atoms with Gasteiger partial charge in [0.15, 0.2) is 0 Å². The second kappa shape index (κ2) is 8.00. The minimum atomic E-state index is -0.539. The molecule has 1 aromatic carbocycles. The summed E-state index contributed by atoms with van der Waals surface area (Å²) in [5, 5.41) is 3.18. The molecule has 5 heteroatoms. The minimum Gasteiger partial charge on any atom is -0.381 e. The number of rotatable bonds is 4. The zero-order chi connectivity index (χ0) is 17.7. The molecule has 2 amide bonds. The Kier molecular flexibility index (Phi) is 5.74. The van der Waals surface area contributed by atoms with Gasteiger partial charge in [-0.3, -0.25) is 9.59 Å². The first-order chi connectivity index (χ1) is 12.1. The average molecular weight is 344 g/mol. The van der Waals surface area contributed by atoms with E-state index in [0.29, 0.717) is 38.4 Å². The lowest BCUT2D eigenvalue weighted by atomic mass is 9.72. The third kappa shape index (κ3) is 4.03. The van der Waals surface area contributed by atoms with Crippen LogP contribution in [0, 0.1) is 5.92 Å². The molecule has 3 rings (SSSR count). The Morgan fingerprint density at radius 1 is 1.24 bits per heavy atom. The summed E-state index contributed by atoms with van der Waals surface area (Å²) in [6, 6.07) is 10.0. The van der Waals surface area contributed by atoms with Gasteiger partial charge in [-0.15, -0.1) is 0 Å². The van der Waals surface area contributed by atoms with Gasteiger partial charge in [0.25, 0.3) is 0 Å². The van der Waals surface area contributed by atoms with Crippen molar-refractivity contribution in [2.45, 2.75) is 38.0 Å². The Bertz CT molecular complexity index is 588. The quantitative estimate of drug-likeness (QED) is 0.910. The van der Waals surface area contributed by atoms with Crippen LogP contribution in [0.1, 0.15) is 38.2 Å². The average Bonchev–Trinajstić information content (AvgIpc) is 2.67. The van der Waals surface area contributed by atoms with Crippen molar-refractivity contribution in [1.82, 2.24) is 10.2 Å². The summed E-state index contributed by atoms with van der Waals surface area (Å²) in [6.45, 7) is 5.09. The van der Waals surface area contributed by atoms with E-state index in [1.807, 2.05) is 35.2 Å². The number of hydrogen-bond acceptors (Lipinski definition) is 3. The standard InChI is InChI=1S/C20H28N2O3/c1-16(23)22-11-9-20(10-12-22,18-7-3-2-4-8-18)19(24)21-14-17-6-5-13-25-15-17/h2-4,7-8,17H,5-6,9-15H2,1H3,(H,21,24)/t17-/m0/s1. The lowest BCUT2D eigenvalue weighted by Crippen LogP contribution is -2.53. The van der Waals surface area contributed by atoms with Gasteiger partial charge in [0.2, 0.25) is 11.8 Å². The topological polar surface area (TPSA) is 58.6 Å². The zero-order valence-electron chi connectivity index (χ0n) is 15.0. The van der Waals surface area contributed by atoms with Crippen LogP contribution < -0.4 is 5.32 Å². The van der Waals surface area contributed by atoms with Crippen LogP contribution in [0.15, 0.2) is 30.3 Å². The number of carbonyl (C=O) groups is 2. The predicted molar refractivity (Wildman–Crippen MR) is 96.2 cm³/mol. The Labute approximate surface area is 149 Å². The number of amides is 2. The highest BCUT2D eigenvalue weighted by Crippen LogP contribution is 2.36. The summed E-state index contributed by atoms with van der Waals surface area (Å²) in [7, 11) is 0. The van der Waals surface area contributed by atoms with Crippen LogP contribution in [-0.2, 0) is 19.7 Å². The predicted octanol–water partition coefficient (Wildman–Crippen LogP) is 2.11. The van der Waals surface area contributed by atoms with Crippen molar-refractivity contribution >= 4 is 11.8 Å². The molecule has 0 bridgehead atoms. The highest BCUT2D eigenvalue weighted by Gasteiger charge is 2.43. The molecule has 2 fully saturated rings. The third-order valence-corrected chi connectivity index (χ3v) is 5.63. The van der Waals surface area contributed by atoms with Gasteiger partial charge in [-0.2, -0.15) is 0 Å². The Hall–Kier alpha value is -1.88. The van der Waals surface area contributed by atoms with Gasteiger partial charge in [-0.1, -0.05) is 30.3 Å². The van der Waals surface area contributed by atoms with Crippen molar-refractivity contribution in [2.75, 3.05) is 32.8 Å². The maximum absolute atomic E-state index is 13.2. The van der Waals surface area contributed by atoms with Crippen LogP contribution in [0.3, 0.4) is 0 Å². The SMILES string of the molecule is CC(=O)N1CCC(C(=O)NC[C@@H]2CCCOC2)(c2ccccc2)CC1. The highest BCUT2D eigenvalue weighted by atomic mass is 16.5. The third-order valence-electron chi connectivity index (χ3n) is 5.63. The van der Waals surface area contributed by atoms with Crippen molar-refractivity contribution in [1.29, 1.82) is 0 Å². The van der Waals surface area contributed by atoms with E-state index in [-0.39, 0.29) is 11.8 Å². The first kappa shape index (κ1) is 17.9. The number of piperidine rings is 1. The molecule has 1 atom stereocenters. The van der Waals surface area contributed by atoms with Crippen LogP contribution in [-0.4, -0.2) is 49.6 Å². The second-order valence-electron chi connectivity index (χ2n) is 7.25. The van der Waals surface area contributed by atoms with E-state index < -0.39 is 5.41 Å². The molecular weight excluding hydrogens is 316 g/mol. The molecule has 0 spiro atoms. The molecule has 0 aliphatic carbocycles. The van der Waals surface area contributed by atoms with Gasteiger partial charge >= 0.3 is 0 Å². The molecule has 0 saturated carbocycles. The summed E-state index contributed by atoms with van der Waals surface area (Å²) in [6.07, 6.45) is 3.52. The number of likely N-dealkylation sites (tertiary alicyclic amines) is 1. The summed E-state index contributed by atoms with van der Waals surface area (Å²) in [4.78, 5) is 26.7. The molecule has 136 valence electrons. The van der Waals surface area contributed by atoms with Gasteiger partial charge in [0.05, 0.1) is 12.0 Å². The molecule has 2 aliphatic heterocycles. The summed E-state index contributed by atoms with van der Waals surface area (Å²) in [5.74, 6) is 0.580. The molecular formula is C20H28N2O3. The highest BCUT2D eigenvalue weighted by molar-refractivity contribution is 5.88. The van der Waals surface area contributed by atoms with Gasteiger partial charge < -0.3 is 15.0 Å². The summed E-state index contributed by atoms with van der Waals surface area (Å²) in [5.41, 5.74) is 0.513. The monoisotopic (exact) mass is 344 g/mol. The van der Waals surface area contributed by atoms with Gasteiger partial charge in [-0.25, -0.2) is 0 Å². The van der Waals surface area contributed by atoms with Gasteiger partial charge in [-0.05, 0) is 37.2 Å². The second-order valence-corrected chi connectivity index (χ2v) is 7.25. The van der Waals surface area contributed by atoms with Crippen LogP contribution in [0.5, 0.6) is 0 Å². The smallest absolute Gasteiger partial charge is 0.230 e. The fourth-order valence-corrected chi connectivity index (χ4v) is 3.98. The van der Waals surface area contributed by atoms with Crippen molar-refractivity contribution in [3.05, 3.63) is 35.9 Å². The number of nitrogens with one attached hydrogen (secondary N) is 1. The van der Waals surface area contributed by atoms with E-state index in [1.165, 1.54) is 0 Å². The molecule has 0 radical (unpaired) electrons. The van der Waals surface area contributed by atoms with E-state index in [9.17, 15) is 9.59 Å². The van der Waals surface area contributed by atoms with Gasteiger partial charge in [0, 0.05) is 33.2 Å². The molecule has 0 aromatic heterocycles. The molecule has 2 aliphatic rings. The molecule has 2 heterocycles. The molecule has 2 saturated heterocycles. The first-order valence-electron chi connectivity index (χ1n) is 9.29. The van der Waals surface area contributed by atoms with E-state index in [2.05, 4.69) is 5.32 Å². The van der Waals surface area contributed by atoms with Crippen molar-refractivity contribution < 1.29 is 14.3 Å². The lowest BCUT2D eigenvalue weighted by Gasteiger charge is -2.41.